The minimum Gasteiger partial charge on any atom is -0.493 e. The van der Waals surface area contributed by atoms with Crippen LogP contribution in [0.1, 0.15) is 29.5 Å². The average Bonchev–Trinajstić information content (AvgIpc) is 3.33. The number of ether oxygens (including phenoxy) is 3. The van der Waals surface area contributed by atoms with Gasteiger partial charge < -0.3 is 19.5 Å². The minimum atomic E-state index is -0.439. The second-order valence-electron chi connectivity index (χ2n) is 6.98. The maximum absolute atomic E-state index is 12.3. The molecule has 0 spiro atoms. The van der Waals surface area contributed by atoms with Crippen LogP contribution in [0.25, 0.3) is 6.08 Å². The summed E-state index contributed by atoms with van der Waals surface area (Å²) >= 11 is 0. The van der Waals surface area contributed by atoms with Crippen molar-refractivity contribution in [3.63, 3.8) is 0 Å². The van der Waals surface area contributed by atoms with E-state index in [1.54, 1.807) is 30.3 Å². The molecule has 1 saturated heterocycles. The molecular formula is C24H23N3O4. The fourth-order valence-electron chi connectivity index (χ4n) is 3.23. The van der Waals surface area contributed by atoms with Crippen LogP contribution < -0.4 is 14.8 Å². The second-order valence-corrected chi connectivity index (χ2v) is 6.98. The van der Waals surface area contributed by atoms with Gasteiger partial charge >= 0.3 is 0 Å². The summed E-state index contributed by atoms with van der Waals surface area (Å²) in [5, 5.41) is 21.3. The molecule has 0 unspecified atom stereocenters. The molecule has 1 amide bonds. The van der Waals surface area contributed by atoms with Gasteiger partial charge in [0.05, 0.1) is 24.8 Å². The van der Waals surface area contributed by atoms with E-state index < -0.39 is 5.91 Å². The topological polar surface area (TPSA) is 104 Å². The third-order valence-corrected chi connectivity index (χ3v) is 4.90. The Kier molecular flexibility index (Phi) is 7.64. The SMILES string of the molecule is COc1cc(/C=C(\C#N)C(=O)NC[C@H]2CCCO2)ccc1OCc1ccccc1C#N. The first-order valence-corrected chi connectivity index (χ1v) is 9.95. The van der Waals surface area contributed by atoms with Gasteiger partial charge in [0.15, 0.2) is 11.5 Å². The second kappa shape index (κ2) is 10.8. The van der Waals surface area contributed by atoms with Crippen LogP contribution in [0.3, 0.4) is 0 Å². The summed E-state index contributed by atoms with van der Waals surface area (Å²) in [6, 6.07) is 16.4. The minimum absolute atomic E-state index is 0.00309. The number of hydrogen-bond donors (Lipinski definition) is 1. The predicted molar refractivity (Wildman–Crippen MR) is 114 cm³/mol. The number of nitrogens with zero attached hydrogens (tertiary/aromatic N) is 2. The normalized spacial score (nSPS) is 15.6. The largest absolute Gasteiger partial charge is 0.493 e. The van der Waals surface area contributed by atoms with E-state index in [1.807, 2.05) is 18.2 Å². The fraction of sp³-hybridized carbons (Fsp3) is 0.292. The molecule has 2 aromatic carbocycles. The summed E-state index contributed by atoms with van der Waals surface area (Å²) in [7, 11) is 1.51. The Morgan fingerprint density at radius 2 is 2.10 bits per heavy atom. The first kappa shape index (κ1) is 21.9. The Hall–Kier alpha value is -3.81. The van der Waals surface area contributed by atoms with Gasteiger partial charge in [0, 0.05) is 18.7 Å². The highest BCUT2D eigenvalue weighted by Gasteiger charge is 2.18. The molecule has 2 aromatic rings. The summed E-state index contributed by atoms with van der Waals surface area (Å²) in [5.41, 5.74) is 1.95. The van der Waals surface area contributed by atoms with Gasteiger partial charge in [0.1, 0.15) is 18.2 Å². The van der Waals surface area contributed by atoms with Crippen LogP contribution in [-0.2, 0) is 16.1 Å². The molecule has 3 rings (SSSR count). The van der Waals surface area contributed by atoms with E-state index in [1.165, 1.54) is 13.2 Å². The van der Waals surface area contributed by atoms with E-state index in [2.05, 4.69) is 11.4 Å². The quantitative estimate of drug-likeness (QED) is 0.522. The lowest BCUT2D eigenvalue weighted by molar-refractivity contribution is -0.117. The Labute approximate surface area is 181 Å². The zero-order valence-corrected chi connectivity index (χ0v) is 17.3. The highest BCUT2D eigenvalue weighted by Crippen LogP contribution is 2.30. The molecule has 7 heteroatoms. The van der Waals surface area contributed by atoms with Gasteiger partial charge in [-0.25, -0.2) is 0 Å². The molecule has 1 fully saturated rings. The van der Waals surface area contributed by atoms with Gasteiger partial charge in [0.2, 0.25) is 0 Å². The number of nitrogens with one attached hydrogen (secondary N) is 1. The van der Waals surface area contributed by atoms with Gasteiger partial charge in [0.25, 0.3) is 5.91 Å². The monoisotopic (exact) mass is 417 g/mol. The van der Waals surface area contributed by atoms with E-state index in [0.29, 0.717) is 35.8 Å². The highest BCUT2D eigenvalue weighted by molar-refractivity contribution is 6.01. The van der Waals surface area contributed by atoms with Gasteiger partial charge in [-0.2, -0.15) is 10.5 Å². The lowest BCUT2D eigenvalue weighted by atomic mass is 10.1. The molecule has 1 aliphatic heterocycles. The van der Waals surface area contributed by atoms with Crippen molar-refractivity contribution in [1.82, 2.24) is 5.32 Å². The van der Waals surface area contributed by atoms with Crippen LogP contribution in [0.4, 0.5) is 0 Å². The summed E-state index contributed by atoms with van der Waals surface area (Å²) in [6.45, 7) is 1.31. The fourth-order valence-corrected chi connectivity index (χ4v) is 3.23. The van der Waals surface area contributed by atoms with Gasteiger partial charge in [-0.05, 0) is 42.7 Å². The third kappa shape index (κ3) is 5.85. The van der Waals surface area contributed by atoms with E-state index >= 15 is 0 Å². The maximum Gasteiger partial charge on any atom is 0.262 e. The van der Waals surface area contributed by atoms with Crippen LogP contribution in [0, 0.1) is 22.7 Å². The Balaban J connectivity index is 1.69. The van der Waals surface area contributed by atoms with Crippen LogP contribution in [0.15, 0.2) is 48.0 Å². The summed E-state index contributed by atoms with van der Waals surface area (Å²) in [6.07, 6.45) is 3.40. The standard InChI is InChI=1S/C24H23N3O4/c1-29-23-12-17(11-20(14-26)24(28)27-15-21-7-4-10-30-21)8-9-22(23)31-16-19-6-3-2-5-18(19)13-25/h2-3,5-6,8-9,11-12,21H,4,7,10,15-16H2,1H3,(H,27,28)/b20-11+/t21-/m1/s1. The first-order chi connectivity index (χ1) is 15.1. The van der Waals surface area contributed by atoms with Crippen LogP contribution in [-0.4, -0.2) is 32.3 Å². The molecule has 0 radical (unpaired) electrons. The number of nitriles is 2. The van der Waals surface area contributed by atoms with Crippen molar-refractivity contribution in [2.45, 2.75) is 25.6 Å². The summed E-state index contributed by atoms with van der Waals surface area (Å²) in [4.78, 5) is 12.3. The van der Waals surface area contributed by atoms with Crippen molar-refractivity contribution in [3.8, 4) is 23.6 Å². The number of benzene rings is 2. The maximum atomic E-state index is 12.3. The van der Waals surface area contributed by atoms with Crippen molar-refractivity contribution >= 4 is 12.0 Å². The van der Waals surface area contributed by atoms with Crippen molar-refractivity contribution in [1.29, 1.82) is 10.5 Å². The number of hydrogen-bond acceptors (Lipinski definition) is 6. The molecule has 0 aromatic heterocycles. The van der Waals surface area contributed by atoms with Crippen molar-refractivity contribution in [2.75, 3.05) is 20.3 Å². The van der Waals surface area contributed by atoms with Gasteiger partial charge in [-0.3, -0.25) is 4.79 Å². The van der Waals surface area contributed by atoms with E-state index in [9.17, 15) is 15.3 Å². The average molecular weight is 417 g/mol. The van der Waals surface area contributed by atoms with E-state index in [0.717, 1.165) is 18.4 Å². The Morgan fingerprint density at radius 3 is 2.81 bits per heavy atom. The molecule has 31 heavy (non-hydrogen) atoms. The molecule has 1 heterocycles. The number of carbonyl (C=O) groups is 1. The zero-order chi connectivity index (χ0) is 22.1. The molecule has 1 atom stereocenters. The zero-order valence-electron chi connectivity index (χ0n) is 17.3. The van der Waals surface area contributed by atoms with Gasteiger partial charge in [-0.15, -0.1) is 0 Å². The predicted octanol–water partition coefficient (Wildman–Crippen LogP) is 3.35. The van der Waals surface area contributed by atoms with Crippen LogP contribution in [0.2, 0.25) is 0 Å². The lowest BCUT2D eigenvalue weighted by Crippen LogP contribution is -2.32. The number of carbonyl (C=O) groups excluding carboxylic acids is 1. The number of rotatable bonds is 8. The Morgan fingerprint density at radius 1 is 1.26 bits per heavy atom. The molecule has 0 saturated carbocycles. The number of methoxy groups -OCH3 is 1. The third-order valence-electron chi connectivity index (χ3n) is 4.90. The molecule has 158 valence electrons. The van der Waals surface area contributed by atoms with E-state index in [4.69, 9.17) is 14.2 Å². The summed E-state index contributed by atoms with van der Waals surface area (Å²) in [5.74, 6) is 0.513. The van der Waals surface area contributed by atoms with E-state index in [-0.39, 0.29) is 18.3 Å². The molecule has 7 nitrogen and oxygen atoms in total. The van der Waals surface area contributed by atoms with Crippen LogP contribution >= 0.6 is 0 Å². The van der Waals surface area contributed by atoms with Crippen molar-refractivity contribution in [3.05, 3.63) is 64.7 Å². The Bertz CT molecular complexity index is 1040. The highest BCUT2D eigenvalue weighted by atomic mass is 16.5. The van der Waals surface area contributed by atoms with Crippen molar-refractivity contribution < 1.29 is 19.0 Å². The van der Waals surface area contributed by atoms with Gasteiger partial charge in [-0.1, -0.05) is 24.3 Å². The molecule has 1 N–H and O–H groups in total. The molecule has 1 aliphatic rings. The van der Waals surface area contributed by atoms with Crippen molar-refractivity contribution in [2.24, 2.45) is 0 Å². The molecule has 0 bridgehead atoms. The summed E-state index contributed by atoms with van der Waals surface area (Å²) < 4.78 is 16.7. The molecule has 0 aliphatic carbocycles. The molecular weight excluding hydrogens is 394 g/mol. The lowest BCUT2D eigenvalue weighted by Gasteiger charge is -2.12. The number of amides is 1. The first-order valence-electron chi connectivity index (χ1n) is 9.95. The van der Waals surface area contributed by atoms with Crippen LogP contribution in [0.5, 0.6) is 11.5 Å². The smallest absolute Gasteiger partial charge is 0.262 e.